The summed E-state index contributed by atoms with van der Waals surface area (Å²) in [4.78, 5) is 9.69. The summed E-state index contributed by atoms with van der Waals surface area (Å²) in [5, 5.41) is 0. The highest BCUT2D eigenvalue weighted by Crippen LogP contribution is 2.08. The van der Waals surface area contributed by atoms with Crippen molar-refractivity contribution in [1.82, 2.24) is 14.8 Å². The molecular weight excluding hydrogens is 294 g/mol. The van der Waals surface area contributed by atoms with Gasteiger partial charge in [-0.15, -0.1) is 0 Å². The summed E-state index contributed by atoms with van der Waals surface area (Å²) in [6.07, 6.45) is 6.68. The quantitative estimate of drug-likeness (QED) is 0.813. The van der Waals surface area contributed by atoms with Crippen LogP contribution in [0.25, 0.3) is 0 Å². The lowest BCUT2D eigenvalue weighted by Gasteiger charge is -2.30. The van der Waals surface area contributed by atoms with Gasteiger partial charge in [-0.1, -0.05) is 36.4 Å². The van der Waals surface area contributed by atoms with E-state index in [1.165, 1.54) is 63.2 Å². The van der Waals surface area contributed by atoms with Crippen molar-refractivity contribution in [2.24, 2.45) is 0 Å². The predicted molar refractivity (Wildman–Crippen MR) is 100 cm³/mol. The molecule has 1 aromatic carbocycles. The van der Waals surface area contributed by atoms with Crippen molar-refractivity contribution >= 4 is 0 Å². The zero-order chi connectivity index (χ0) is 16.5. The van der Waals surface area contributed by atoms with Crippen LogP contribution in [0.3, 0.4) is 0 Å². The van der Waals surface area contributed by atoms with Gasteiger partial charge < -0.3 is 9.80 Å². The van der Waals surface area contributed by atoms with E-state index < -0.39 is 0 Å². The van der Waals surface area contributed by atoms with Gasteiger partial charge in [0, 0.05) is 31.4 Å². The average Bonchev–Trinajstić information content (AvgIpc) is 2.62. The highest BCUT2D eigenvalue weighted by molar-refractivity contribution is 5.14. The molecule has 0 spiro atoms. The van der Waals surface area contributed by atoms with E-state index in [-0.39, 0.29) is 0 Å². The Morgan fingerprint density at radius 3 is 1.96 bits per heavy atom. The molecule has 3 heteroatoms. The van der Waals surface area contributed by atoms with Crippen LogP contribution in [0.15, 0.2) is 54.7 Å². The van der Waals surface area contributed by atoms with Crippen molar-refractivity contribution < 1.29 is 0 Å². The van der Waals surface area contributed by atoms with E-state index in [9.17, 15) is 0 Å². The van der Waals surface area contributed by atoms with Crippen LogP contribution in [0, 0.1) is 0 Å². The van der Waals surface area contributed by atoms with E-state index in [0.29, 0.717) is 0 Å². The third-order valence-electron chi connectivity index (χ3n) is 4.87. The summed E-state index contributed by atoms with van der Waals surface area (Å²) in [6, 6.07) is 17.1. The molecule has 0 atom stereocenters. The number of hydrogen-bond acceptors (Lipinski definition) is 3. The molecule has 0 amide bonds. The summed E-state index contributed by atoms with van der Waals surface area (Å²) >= 11 is 0. The first kappa shape index (κ1) is 17.1. The molecular formula is C21H29N3. The molecule has 1 aliphatic rings. The van der Waals surface area contributed by atoms with Crippen LogP contribution in [-0.2, 0) is 12.8 Å². The van der Waals surface area contributed by atoms with Gasteiger partial charge in [-0.3, -0.25) is 4.98 Å². The van der Waals surface area contributed by atoms with Gasteiger partial charge in [-0.25, -0.2) is 0 Å². The highest BCUT2D eigenvalue weighted by Gasteiger charge is 2.13. The molecule has 1 aliphatic heterocycles. The lowest BCUT2D eigenvalue weighted by Crippen LogP contribution is -2.38. The summed E-state index contributed by atoms with van der Waals surface area (Å²) < 4.78 is 0. The third kappa shape index (κ3) is 5.73. The molecule has 2 aromatic rings. The molecule has 128 valence electrons. The Bertz CT molecular complexity index is 509. The van der Waals surface area contributed by atoms with Crippen molar-refractivity contribution in [3.8, 4) is 0 Å². The van der Waals surface area contributed by atoms with Crippen LogP contribution < -0.4 is 0 Å². The maximum absolute atomic E-state index is 4.44. The van der Waals surface area contributed by atoms with E-state index in [1.807, 2.05) is 12.3 Å². The van der Waals surface area contributed by atoms with Gasteiger partial charge in [0.25, 0.3) is 0 Å². The van der Waals surface area contributed by atoms with Gasteiger partial charge in [0.2, 0.25) is 0 Å². The molecule has 2 heterocycles. The first-order valence-electron chi connectivity index (χ1n) is 9.29. The summed E-state index contributed by atoms with van der Waals surface area (Å²) in [7, 11) is 0. The van der Waals surface area contributed by atoms with Crippen LogP contribution in [0.5, 0.6) is 0 Å². The van der Waals surface area contributed by atoms with Gasteiger partial charge >= 0.3 is 0 Å². The molecule has 3 rings (SSSR count). The minimum Gasteiger partial charge on any atom is -0.303 e. The van der Waals surface area contributed by atoms with E-state index >= 15 is 0 Å². The van der Waals surface area contributed by atoms with Crippen molar-refractivity contribution in [1.29, 1.82) is 0 Å². The predicted octanol–water partition coefficient (Wildman–Crippen LogP) is 3.26. The summed E-state index contributed by atoms with van der Waals surface area (Å²) in [5.74, 6) is 0. The van der Waals surface area contributed by atoms with Gasteiger partial charge in [0.15, 0.2) is 0 Å². The van der Waals surface area contributed by atoms with E-state index in [2.05, 4.69) is 57.2 Å². The van der Waals surface area contributed by atoms with E-state index in [0.717, 1.165) is 13.0 Å². The number of benzene rings is 1. The number of hydrogen-bond donors (Lipinski definition) is 0. The largest absolute Gasteiger partial charge is 0.303 e. The van der Waals surface area contributed by atoms with Crippen LogP contribution >= 0.6 is 0 Å². The second kappa shape index (κ2) is 9.55. The smallest absolute Gasteiger partial charge is 0.0416 e. The molecule has 0 radical (unpaired) electrons. The standard InChI is InChI=1S/C21H29N3/c1-2-8-20(9-3-1)11-18-23-14-6-16-24(17-7-15-23)19-12-21-10-4-5-13-22-21/h1-5,8-10,13H,6-7,11-12,14-19H2. The van der Waals surface area contributed by atoms with Crippen molar-refractivity contribution in [2.75, 3.05) is 39.3 Å². The third-order valence-corrected chi connectivity index (χ3v) is 4.87. The second-order valence-electron chi connectivity index (χ2n) is 6.70. The lowest BCUT2D eigenvalue weighted by atomic mass is 10.1. The summed E-state index contributed by atoms with van der Waals surface area (Å²) in [6.45, 7) is 7.22. The number of pyridine rings is 1. The molecule has 1 fully saturated rings. The average molecular weight is 323 g/mol. The Morgan fingerprint density at radius 1 is 0.708 bits per heavy atom. The maximum atomic E-state index is 4.44. The normalized spacial score (nSPS) is 17.3. The fourth-order valence-corrected chi connectivity index (χ4v) is 3.46. The van der Waals surface area contributed by atoms with Gasteiger partial charge in [0.1, 0.15) is 0 Å². The molecule has 0 N–H and O–H groups in total. The maximum Gasteiger partial charge on any atom is 0.0416 e. The van der Waals surface area contributed by atoms with E-state index in [4.69, 9.17) is 0 Å². The summed E-state index contributed by atoms with van der Waals surface area (Å²) in [5.41, 5.74) is 2.67. The first-order valence-corrected chi connectivity index (χ1v) is 9.29. The highest BCUT2D eigenvalue weighted by atomic mass is 15.2. The molecule has 0 saturated carbocycles. The van der Waals surface area contributed by atoms with Crippen LogP contribution in [0.4, 0.5) is 0 Å². The zero-order valence-corrected chi connectivity index (χ0v) is 14.6. The molecule has 24 heavy (non-hydrogen) atoms. The molecule has 0 aliphatic carbocycles. The Kier molecular flexibility index (Phi) is 6.82. The van der Waals surface area contributed by atoms with Gasteiger partial charge in [0.05, 0.1) is 0 Å². The molecule has 0 unspecified atom stereocenters. The monoisotopic (exact) mass is 323 g/mol. The van der Waals surface area contributed by atoms with Crippen molar-refractivity contribution in [3.05, 3.63) is 66.0 Å². The van der Waals surface area contributed by atoms with Gasteiger partial charge in [-0.05, 0) is 63.1 Å². The molecule has 1 aromatic heterocycles. The lowest BCUT2D eigenvalue weighted by molar-refractivity contribution is 0.184. The fraction of sp³-hybridized carbons (Fsp3) is 0.476. The molecule has 0 bridgehead atoms. The van der Waals surface area contributed by atoms with Gasteiger partial charge in [-0.2, -0.15) is 0 Å². The Hall–Kier alpha value is -1.71. The minimum absolute atomic E-state index is 1.07. The van der Waals surface area contributed by atoms with Crippen LogP contribution in [-0.4, -0.2) is 54.1 Å². The number of nitrogens with zero attached hydrogens (tertiary/aromatic N) is 3. The van der Waals surface area contributed by atoms with Crippen LogP contribution in [0.1, 0.15) is 24.1 Å². The Balaban J connectivity index is 1.37. The van der Waals surface area contributed by atoms with Crippen LogP contribution in [0.2, 0.25) is 0 Å². The number of rotatable bonds is 6. The first-order chi connectivity index (χ1) is 11.9. The van der Waals surface area contributed by atoms with Crippen molar-refractivity contribution in [2.45, 2.75) is 25.7 Å². The zero-order valence-electron chi connectivity index (χ0n) is 14.6. The minimum atomic E-state index is 1.07. The molecule has 3 nitrogen and oxygen atoms in total. The van der Waals surface area contributed by atoms with Crippen molar-refractivity contribution in [3.63, 3.8) is 0 Å². The topological polar surface area (TPSA) is 19.4 Å². The number of aromatic nitrogens is 1. The SMILES string of the molecule is c1ccc(CCN2CCCN(CCc3ccccn3)CCC2)cc1. The van der Waals surface area contributed by atoms with E-state index in [1.54, 1.807) is 0 Å². The molecule has 1 saturated heterocycles. The Labute approximate surface area is 146 Å². The second-order valence-corrected chi connectivity index (χ2v) is 6.70. The fourth-order valence-electron chi connectivity index (χ4n) is 3.46. The Morgan fingerprint density at radius 2 is 1.33 bits per heavy atom.